The fourth-order valence-electron chi connectivity index (χ4n) is 4.21. The lowest BCUT2D eigenvalue weighted by Crippen LogP contribution is -2.46. The molecule has 1 fully saturated rings. The molecule has 3 aromatic rings. The van der Waals surface area contributed by atoms with Crippen LogP contribution in [-0.2, 0) is 20.8 Å². The second-order valence-electron chi connectivity index (χ2n) is 8.22. The van der Waals surface area contributed by atoms with Crippen molar-refractivity contribution in [2.45, 2.75) is 19.8 Å². The molecular formula is C25H27ClN4O4S. The molecule has 2 aromatic carbocycles. The van der Waals surface area contributed by atoms with Gasteiger partial charge in [0.25, 0.3) is 5.91 Å². The number of aryl methyl sites for hydroxylation is 1. The van der Waals surface area contributed by atoms with Gasteiger partial charge in [-0.1, -0.05) is 29.8 Å². The number of rotatable bonds is 8. The first kappa shape index (κ1) is 24.9. The van der Waals surface area contributed by atoms with Crippen LogP contribution < -0.4 is 10.1 Å². The van der Waals surface area contributed by atoms with Gasteiger partial charge in [0.05, 0.1) is 30.7 Å². The quantitative estimate of drug-likeness (QED) is 0.473. The van der Waals surface area contributed by atoms with Crippen molar-refractivity contribution in [3.05, 3.63) is 58.7 Å². The van der Waals surface area contributed by atoms with Gasteiger partial charge in [0.2, 0.25) is 11.8 Å². The third-order valence-electron chi connectivity index (χ3n) is 5.86. The number of nitrogens with zero attached hydrogens (tertiary/aromatic N) is 2. The van der Waals surface area contributed by atoms with Crippen LogP contribution in [0.4, 0.5) is 5.69 Å². The minimum atomic E-state index is -0.271. The van der Waals surface area contributed by atoms with E-state index in [9.17, 15) is 14.4 Å². The summed E-state index contributed by atoms with van der Waals surface area (Å²) in [5.41, 5.74) is 3.37. The van der Waals surface area contributed by atoms with Crippen molar-refractivity contribution in [3.63, 3.8) is 0 Å². The first-order valence-electron chi connectivity index (χ1n) is 11.3. The Morgan fingerprint density at radius 3 is 2.60 bits per heavy atom. The Morgan fingerprint density at radius 1 is 1.09 bits per heavy atom. The van der Waals surface area contributed by atoms with E-state index in [4.69, 9.17) is 16.3 Å². The van der Waals surface area contributed by atoms with Gasteiger partial charge in [-0.3, -0.25) is 24.4 Å². The molecule has 1 aliphatic rings. The molecule has 0 aliphatic carbocycles. The number of nitrogens with one attached hydrogen (secondary N) is 2. The van der Waals surface area contributed by atoms with Crippen LogP contribution in [0.25, 0.3) is 10.9 Å². The third-order valence-corrected chi connectivity index (χ3v) is 7.01. The van der Waals surface area contributed by atoms with Crippen LogP contribution in [0.15, 0.2) is 42.5 Å². The van der Waals surface area contributed by atoms with E-state index in [2.05, 4.69) is 10.3 Å². The number of methoxy groups -OCH3 is 1. The molecule has 0 saturated carbocycles. The van der Waals surface area contributed by atoms with Gasteiger partial charge in [-0.25, -0.2) is 0 Å². The van der Waals surface area contributed by atoms with Gasteiger partial charge in [-0.15, -0.1) is 11.8 Å². The first-order chi connectivity index (χ1) is 16.9. The van der Waals surface area contributed by atoms with Gasteiger partial charge in [-0.2, -0.15) is 0 Å². The minimum absolute atomic E-state index is 0.0811. The largest absolute Gasteiger partial charge is 0.495 e. The Kier molecular flexibility index (Phi) is 7.87. The molecule has 4 rings (SSSR count). The van der Waals surface area contributed by atoms with Crippen molar-refractivity contribution in [1.29, 1.82) is 0 Å². The summed E-state index contributed by atoms with van der Waals surface area (Å²) in [4.78, 5) is 41.7. The molecule has 35 heavy (non-hydrogen) atoms. The Morgan fingerprint density at radius 2 is 1.83 bits per heavy atom. The second kappa shape index (κ2) is 11.0. The van der Waals surface area contributed by atoms with E-state index in [0.29, 0.717) is 29.5 Å². The van der Waals surface area contributed by atoms with Gasteiger partial charge < -0.3 is 15.0 Å². The molecule has 1 aromatic heterocycles. The van der Waals surface area contributed by atoms with Gasteiger partial charge >= 0.3 is 0 Å². The Bertz CT molecular complexity index is 1260. The summed E-state index contributed by atoms with van der Waals surface area (Å²) in [6.45, 7) is 2.95. The number of aromatic nitrogens is 1. The number of hydrogen-bond donors (Lipinski definition) is 2. The average molecular weight is 515 g/mol. The van der Waals surface area contributed by atoms with Crippen molar-refractivity contribution < 1.29 is 19.1 Å². The molecule has 10 heteroatoms. The molecule has 184 valence electrons. The predicted octanol–water partition coefficient (Wildman–Crippen LogP) is 4.03. The summed E-state index contributed by atoms with van der Waals surface area (Å²) in [5, 5.41) is 7.31. The van der Waals surface area contributed by atoms with E-state index in [1.807, 2.05) is 31.2 Å². The summed E-state index contributed by atoms with van der Waals surface area (Å²) in [5.74, 6) is 0.102. The Labute approximate surface area is 212 Å². The molecule has 1 saturated heterocycles. The molecule has 1 aliphatic heterocycles. The van der Waals surface area contributed by atoms with Gasteiger partial charge in [0, 0.05) is 34.7 Å². The minimum Gasteiger partial charge on any atom is -0.495 e. The fraction of sp³-hybridized carbons (Fsp3) is 0.320. The Balaban J connectivity index is 1.31. The van der Waals surface area contributed by atoms with Crippen molar-refractivity contribution in [3.8, 4) is 5.75 Å². The number of carbonyl (C=O) groups excluding carboxylic acids is 3. The van der Waals surface area contributed by atoms with Gasteiger partial charge in [0.15, 0.2) is 0 Å². The molecule has 3 amide bonds. The molecule has 0 spiro atoms. The van der Waals surface area contributed by atoms with Crippen molar-refractivity contribution in [2.24, 2.45) is 0 Å². The number of ether oxygens (including phenoxy) is 1. The average Bonchev–Trinajstić information content (AvgIpc) is 3.44. The SMILES string of the molecule is COc1ccc(Cl)cc1NC(=O)CSCC(=O)N1CCCN1C(=O)Cc1c(C)[nH]c2ccccc12. The lowest BCUT2D eigenvalue weighted by Gasteiger charge is -2.28. The van der Waals surface area contributed by atoms with Crippen LogP contribution in [0.3, 0.4) is 0 Å². The summed E-state index contributed by atoms with van der Waals surface area (Å²) in [6.07, 6.45) is 0.945. The summed E-state index contributed by atoms with van der Waals surface area (Å²) >= 11 is 7.20. The highest BCUT2D eigenvalue weighted by molar-refractivity contribution is 8.00. The first-order valence-corrected chi connectivity index (χ1v) is 12.8. The molecule has 0 atom stereocenters. The van der Waals surface area contributed by atoms with Gasteiger partial charge in [-0.05, 0) is 43.2 Å². The molecule has 0 radical (unpaired) electrons. The van der Waals surface area contributed by atoms with Crippen molar-refractivity contribution in [1.82, 2.24) is 15.0 Å². The number of fused-ring (bicyclic) bond motifs is 1. The number of para-hydroxylation sites is 1. The number of thioether (sulfide) groups is 1. The van der Waals surface area contributed by atoms with Crippen LogP contribution >= 0.6 is 23.4 Å². The zero-order valence-corrected chi connectivity index (χ0v) is 21.2. The molecular weight excluding hydrogens is 488 g/mol. The number of hydrogen-bond acceptors (Lipinski definition) is 5. The smallest absolute Gasteiger partial charge is 0.251 e. The topological polar surface area (TPSA) is 94.7 Å². The normalized spacial score (nSPS) is 13.3. The fourth-order valence-corrected chi connectivity index (χ4v) is 5.06. The van der Waals surface area contributed by atoms with Crippen molar-refractivity contribution >= 4 is 57.7 Å². The van der Waals surface area contributed by atoms with Crippen LogP contribution in [-0.4, -0.2) is 64.4 Å². The second-order valence-corrected chi connectivity index (χ2v) is 9.65. The third kappa shape index (κ3) is 5.74. The Hall–Kier alpha value is -3.17. The lowest BCUT2D eigenvalue weighted by atomic mass is 10.1. The molecule has 8 nitrogen and oxygen atoms in total. The lowest BCUT2D eigenvalue weighted by molar-refractivity contribution is -0.155. The zero-order valence-electron chi connectivity index (χ0n) is 19.6. The maximum absolute atomic E-state index is 13.1. The number of H-pyrrole nitrogens is 1. The van der Waals surface area contributed by atoms with Crippen LogP contribution in [0.2, 0.25) is 5.02 Å². The highest BCUT2D eigenvalue weighted by Gasteiger charge is 2.31. The molecule has 0 bridgehead atoms. The van der Waals surface area contributed by atoms with E-state index in [0.717, 1.165) is 28.6 Å². The van der Waals surface area contributed by atoms with E-state index < -0.39 is 0 Å². The number of benzene rings is 2. The summed E-state index contributed by atoms with van der Waals surface area (Å²) < 4.78 is 5.23. The van der Waals surface area contributed by atoms with Crippen LogP contribution in [0.1, 0.15) is 17.7 Å². The maximum atomic E-state index is 13.1. The van der Waals surface area contributed by atoms with E-state index in [1.165, 1.54) is 23.9 Å². The monoisotopic (exact) mass is 514 g/mol. The predicted molar refractivity (Wildman–Crippen MR) is 139 cm³/mol. The number of amides is 3. The van der Waals surface area contributed by atoms with Crippen molar-refractivity contribution in [2.75, 3.05) is 37.0 Å². The zero-order chi connectivity index (χ0) is 24.9. The highest BCUT2D eigenvalue weighted by Crippen LogP contribution is 2.28. The molecule has 2 heterocycles. The van der Waals surface area contributed by atoms with E-state index >= 15 is 0 Å². The number of anilines is 1. The van der Waals surface area contributed by atoms with E-state index in [1.54, 1.807) is 23.2 Å². The number of aromatic amines is 1. The number of hydrazine groups is 1. The molecule has 2 N–H and O–H groups in total. The standard InChI is InChI=1S/C25H27ClN4O4S/c1-16-19(18-6-3-4-7-20(18)27-16)13-24(32)29-10-5-11-30(29)25(33)15-35-14-23(31)28-21-12-17(26)8-9-22(21)34-2/h3-4,6-9,12,27H,5,10-11,13-15H2,1-2H3,(H,28,31). The van der Waals surface area contributed by atoms with Gasteiger partial charge in [0.1, 0.15) is 5.75 Å². The maximum Gasteiger partial charge on any atom is 0.251 e. The number of carbonyl (C=O) groups is 3. The van der Waals surface area contributed by atoms with Crippen LogP contribution in [0.5, 0.6) is 5.75 Å². The highest BCUT2D eigenvalue weighted by atomic mass is 35.5. The summed E-state index contributed by atoms with van der Waals surface area (Å²) in [7, 11) is 1.51. The van der Waals surface area contributed by atoms with E-state index in [-0.39, 0.29) is 35.6 Å². The molecule has 0 unspecified atom stereocenters. The van der Waals surface area contributed by atoms with Crippen LogP contribution in [0, 0.1) is 6.92 Å². The number of halogens is 1. The summed E-state index contributed by atoms with van der Waals surface area (Å²) in [6, 6.07) is 12.8.